The molecule has 0 aromatic heterocycles. The van der Waals surface area contributed by atoms with Crippen molar-refractivity contribution in [3.8, 4) is 5.75 Å². The van der Waals surface area contributed by atoms with E-state index in [9.17, 15) is 13.2 Å². The molecule has 0 unspecified atom stereocenters. The van der Waals surface area contributed by atoms with Gasteiger partial charge in [0.25, 0.3) is 0 Å². The van der Waals surface area contributed by atoms with Gasteiger partial charge in [-0.1, -0.05) is 35.8 Å². The smallest absolute Gasteiger partial charge is 0.419 e. The third kappa shape index (κ3) is 5.71. The summed E-state index contributed by atoms with van der Waals surface area (Å²) in [6.07, 6.45) is -4.42. The molecule has 1 aromatic rings. The molecule has 1 aromatic carbocycles. The minimum Gasteiger partial charge on any atom is -0.491 e. The monoisotopic (exact) mass is 354 g/mol. The summed E-state index contributed by atoms with van der Waals surface area (Å²) in [6, 6.07) is 4.05. The molecule has 0 spiro atoms. The van der Waals surface area contributed by atoms with Gasteiger partial charge in [0.05, 0.1) is 12.2 Å². The maximum Gasteiger partial charge on any atom is 0.419 e. The Kier molecular flexibility index (Phi) is 6.82. The molecular weight excluding hydrogens is 337 g/mol. The predicted octanol–water partition coefficient (Wildman–Crippen LogP) is 4.65. The summed E-state index contributed by atoms with van der Waals surface area (Å²) >= 11 is 3.14. The summed E-state index contributed by atoms with van der Waals surface area (Å²) in [4.78, 5) is 0. The summed E-state index contributed by atoms with van der Waals surface area (Å²) < 4.78 is 49.2. The number of ether oxygens (including phenoxy) is 2. The molecule has 0 N–H and O–H groups in total. The maximum absolute atomic E-state index is 12.9. The van der Waals surface area contributed by atoms with Crippen molar-refractivity contribution < 1.29 is 22.6 Å². The molecule has 0 amide bonds. The maximum atomic E-state index is 12.9. The fraction of sp³-hybridized carbons (Fsp3) is 0.571. The molecule has 2 nitrogen and oxygen atoms in total. The highest BCUT2D eigenvalue weighted by atomic mass is 79.9. The van der Waals surface area contributed by atoms with Crippen molar-refractivity contribution in [2.24, 2.45) is 5.92 Å². The van der Waals surface area contributed by atoms with Crippen LogP contribution in [-0.4, -0.2) is 19.8 Å². The Labute approximate surface area is 125 Å². The number of alkyl halides is 4. The number of hydrogen-bond acceptors (Lipinski definition) is 2. The van der Waals surface area contributed by atoms with Crippen LogP contribution in [0.15, 0.2) is 18.2 Å². The molecule has 0 saturated heterocycles. The summed E-state index contributed by atoms with van der Waals surface area (Å²) in [5.41, 5.74) is -0.195. The van der Waals surface area contributed by atoms with Gasteiger partial charge in [0.2, 0.25) is 0 Å². The van der Waals surface area contributed by atoms with Crippen LogP contribution in [0.2, 0.25) is 0 Å². The van der Waals surface area contributed by atoms with Crippen molar-refractivity contribution in [2.45, 2.75) is 25.4 Å². The lowest BCUT2D eigenvalue weighted by Gasteiger charge is -2.15. The third-order valence-corrected chi connectivity index (χ3v) is 3.09. The van der Waals surface area contributed by atoms with E-state index < -0.39 is 11.7 Å². The second-order valence-electron chi connectivity index (χ2n) is 4.78. The van der Waals surface area contributed by atoms with Crippen LogP contribution < -0.4 is 4.74 Å². The van der Waals surface area contributed by atoms with Crippen molar-refractivity contribution >= 4 is 15.9 Å². The fourth-order valence-corrected chi connectivity index (χ4v) is 1.89. The highest BCUT2D eigenvalue weighted by Crippen LogP contribution is 2.37. The van der Waals surface area contributed by atoms with Gasteiger partial charge in [-0.05, 0) is 23.6 Å². The molecule has 0 aliphatic rings. The van der Waals surface area contributed by atoms with Crippen molar-refractivity contribution in [2.75, 3.05) is 19.8 Å². The van der Waals surface area contributed by atoms with Gasteiger partial charge in [0, 0.05) is 11.9 Å². The highest BCUT2D eigenvalue weighted by molar-refractivity contribution is 9.08. The predicted molar refractivity (Wildman–Crippen MR) is 75.2 cm³/mol. The molecule has 0 radical (unpaired) electrons. The van der Waals surface area contributed by atoms with Gasteiger partial charge in [0.1, 0.15) is 12.4 Å². The van der Waals surface area contributed by atoms with Gasteiger partial charge in [-0.2, -0.15) is 13.2 Å². The van der Waals surface area contributed by atoms with Gasteiger partial charge in [-0.25, -0.2) is 0 Å². The van der Waals surface area contributed by atoms with Gasteiger partial charge in [0.15, 0.2) is 0 Å². The minimum absolute atomic E-state index is 0.101. The molecule has 114 valence electrons. The largest absolute Gasteiger partial charge is 0.491 e. The van der Waals surface area contributed by atoms with Gasteiger partial charge in [-0.15, -0.1) is 0 Å². The van der Waals surface area contributed by atoms with Crippen LogP contribution in [-0.2, 0) is 16.2 Å². The van der Waals surface area contributed by atoms with E-state index in [0.717, 1.165) is 6.07 Å². The third-order valence-electron chi connectivity index (χ3n) is 2.44. The van der Waals surface area contributed by atoms with Crippen LogP contribution in [0.3, 0.4) is 0 Å². The van der Waals surface area contributed by atoms with E-state index in [-0.39, 0.29) is 19.0 Å². The van der Waals surface area contributed by atoms with E-state index in [1.807, 2.05) is 13.8 Å². The Hall–Kier alpha value is -0.750. The fourth-order valence-electron chi connectivity index (χ4n) is 1.54. The van der Waals surface area contributed by atoms with Gasteiger partial charge >= 0.3 is 6.18 Å². The standard InChI is InChI=1S/C14H18BrF3O2/c1-10(2)9-19-5-6-20-13-4-3-11(8-15)7-12(13)14(16,17)18/h3-4,7,10H,5-6,8-9H2,1-2H3. The molecule has 0 aliphatic carbocycles. The summed E-state index contributed by atoms with van der Waals surface area (Å²) in [6.45, 7) is 4.94. The molecule has 6 heteroatoms. The SMILES string of the molecule is CC(C)COCCOc1ccc(CBr)cc1C(F)(F)F. The van der Waals surface area contributed by atoms with E-state index in [0.29, 0.717) is 23.4 Å². The average Bonchev–Trinajstić information content (AvgIpc) is 2.37. The van der Waals surface area contributed by atoms with Gasteiger partial charge in [-0.3, -0.25) is 0 Å². The van der Waals surface area contributed by atoms with E-state index in [4.69, 9.17) is 9.47 Å². The quantitative estimate of drug-likeness (QED) is 0.524. The van der Waals surface area contributed by atoms with E-state index >= 15 is 0 Å². The zero-order chi connectivity index (χ0) is 15.2. The molecule has 0 saturated carbocycles. The summed E-state index contributed by atoms with van der Waals surface area (Å²) in [5, 5.41) is 0.369. The van der Waals surface area contributed by atoms with Crippen LogP contribution in [0.4, 0.5) is 13.2 Å². The Bertz CT molecular complexity index is 419. The minimum atomic E-state index is -4.42. The topological polar surface area (TPSA) is 18.5 Å². The molecule has 20 heavy (non-hydrogen) atoms. The zero-order valence-corrected chi connectivity index (χ0v) is 13.1. The van der Waals surface area contributed by atoms with Crippen LogP contribution in [0.1, 0.15) is 25.0 Å². The first-order valence-electron chi connectivity index (χ1n) is 6.31. The lowest BCUT2D eigenvalue weighted by molar-refractivity contribution is -0.139. The van der Waals surface area contributed by atoms with E-state index in [1.165, 1.54) is 6.07 Å². The Morgan fingerprint density at radius 2 is 1.90 bits per heavy atom. The Balaban J connectivity index is 2.65. The van der Waals surface area contributed by atoms with Crippen LogP contribution >= 0.6 is 15.9 Å². The van der Waals surface area contributed by atoms with Crippen molar-refractivity contribution in [3.63, 3.8) is 0 Å². The highest BCUT2D eigenvalue weighted by Gasteiger charge is 2.34. The average molecular weight is 355 g/mol. The number of hydrogen-bond donors (Lipinski definition) is 0. The van der Waals surface area contributed by atoms with Gasteiger partial charge < -0.3 is 9.47 Å². The van der Waals surface area contributed by atoms with Crippen LogP contribution in [0.25, 0.3) is 0 Å². The molecular formula is C14H18BrF3O2. The second kappa shape index (κ2) is 7.88. The zero-order valence-electron chi connectivity index (χ0n) is 11.5. The Morgan fingerprint density at radius 3 is 2.45 bits per heavy atom. The lowest BCUT2D eigenvalue weighted by atomic mass is 10.1. The number of rotatable bonds is 7. The van der Waals surface area contributed by atoms with Crippen molar-refractivity contribution in [3.05, 3.63) is 29.3 Å². The summed E-state index contributed by atoms with van der Waals surface area (Å²) in [5.74, 6) is 0.231. The molecule has 0 aliphatic heterocycles. The van der Waals surface area contributed by atoms with E-state index in [1.54, 1.807) is 6.07 Å². The molecule has 0 bridgehead atoms. The first kappa shape index (κ1) is 17.3. The van der Waals surface area contributed by atoms with Crippen molar-refractivity contribution in [1.82, 2.24) is 0 Å². The van der Waals surface area contributed by atoms with Crippen LogP contribution in [0.5, 0.6) is 5.75 Å². The first-order valence-corrected chi connectivity index (χ1v) is 7.43. The summed E-state index contributed by atoms with van der Waals surface area (Å²) in [7, 11) is 0. The normalized spacial score (nSPS) is 11.9. The molecule has 0 atom stereocenters. The molecule has 0 fully saturated rings. The first-order chi connectivity index (χ1) is 9.34. The Morgan fingerprint density at radius 1 is 1.20 bits per heavy atom. The molecule has 0 heterocycles. The van der Waals surface area contributed by atoms with Crippen molar-refractivity contribution in [1.29, 1.82) is 0 Å². The number of benzene rings is 1. The number of halogens is 4. The lowest BCUT2D eigenvalue weighted by Crippen LogP contribution is -2.13. The second-order valence-corrected chi connectivity index (χ2v) is 5.34. The molecule has 1 rings (SSSR count). The van der Waals surface area contributed by atoms with Crippen LogP contribution in [0, 0.1) is 5.92 Å². The van der Waals surface area contributed by atoms with E-state index in [2.05, 4.69) is 15.9 Å².